The van der Waals surface area contributed by atoms with Crippen molar-refractivity contribution in [3.05, 3.63) is 41.6 Å². The molecule has 0 saturated heterocycles. The summed E-state index contributed by atoms with van der Waals surface area (Å²) in [4.78, 5) is 15.0. The molecule has 2 aromatic rings. The molecule has 2 atom stereocenters. The number of carbonyl (C=O) groups excluding carboxylic acids is 1. The lowest BCUT2D eigenvalue weighted by Crippen LogP contribution is -2.41. The molecule has 4 rings (SSSR count). The predicted molar refractivity (Wildman–Crippen MR) is 103 cm³/mol. The van der Waals surface area contributed by atoms with Crippen molar-refractivity contribution in [3.8, 4) is 0 Å². The Morgan fingerprint density at radius 1 is 1.28 bits per heavy atom. The molecule has 0 spiro atoms. The van der Waals surface area contributed by atoms with Gasteiger partial charge in [-0.2, -0.15) is 0 Å². The number of hydrogen-bond donors (Lipinski definition) is 0. The molecule has 25 heavy (non-hydrogen) atoms. The smallest absolute Gasteiger partial charge is 0.354 e. The first-order valence-electron chi connectivity index (χ1n) is 8.88. The van der Waals surface area contributed by atoms with E-state index in [-0.39, 0.29) is 18.4 Å². The Kier molecular flexibility index (Phi) is 4.94. The second kappa shape index (κ2) is 6.85. The van der Waals surface area contributed by atoms with Crippen LogP contribution in [0, 0.1) is 5.92 Å². The molecule has 0 amide bonds. The van der Waals surface area contributed by atoms with Crippen LogP contribution in [0.5, 0.6) is 0 Å². The second-order valence-electron chi connectivity index (χ2n) is 6.66. The van der Waals surface area contributed by atoms with Crippen LogP contribution < -0.4 is 0 Å². The fraction of sp³-hybridized carbons (Fsp3) is 0.450. The predicted octanol–water partition coefficient (Wildman–Crippen LogP) is 4.04. The van der Waals surface area contributed by atoms with E-state index in [9.17, 15) is 4.79 Å². The third kappa shape index (κ3) is 2.51. The van der Waals surface area contributed by atoms with Gasteiger partial charge in [0.1, 0.15) is 5.70 Å². The molecule has 0 N–H and O–H groups in total. The summed E-state index contributed by atoms with van der Waals surface area (Å²) in [5, 5.41) is 1.28. The Hall–Kier alpha value is -1.78. The van der Waals surface area contributed by atoms with Crippen molar-refractivity contribution in [2.75, 3.05) is 20.2 Å². The highest BCUT2D eigenvalue weighted by Gasteiger charge is 2.40. The molecule has 0 fully saturated rings. The zero-order valence-corrected chi connectivity index (χ0v) is 15.8. The largest absolute Gasteiger partial charge is 0.464 e. The molecule has 0 bridgehead atoms. The van der Waals surface area contributed by atoms with E-state index in [0.717, 1.165) is 31.4 Å². The molecule has 0 saturated carbocycles. The number of ether oxygens (including phenoxy) is 1. The van der Waals surface area contributed by atoms with Gasteiger partial charge in [-0.25, -0.2) is 4.79 Å². The number of rotatable bonds is 3. The number of methoxy groups -OCH3 is 1. The van der Waals surface area contributed by atoms with E-state index >= 15 is 0 Å². The monoisotopic (exact) mass is 360 g/mol. The Morgan fingerprint density at radius 3 is 2.72 bits per heavy atom. The van der Waals surface area contributed by atoms with E-state index in [4.69, 9.17) is 4.74 Å². The van der Waals surface area contributed by atoms with Crippen LogP contribution in [0.25, 0.3) is 16.6 Å². The third-order valence-electron chi connectivity index (χ3n) is 5.63. The maximum atomic E-state index is 12.5. The molecule has 0 radical (unpaired) electrons. The maximum absolute atomic E-state index is 12.5. The minimum Gasteiger partial charge on any atom is -0.464 e. The van der Waals surface area contributed by atoms with Gasteiger partial charge in [-0.15, -0.1) is 12.4 Å². The zero-order valence-electron chi connectivity index (χ0n) is 15.0. The summed E-state index contributed by atoms with van der Waals surface area (Å²) in [7, 11) is 1.46. The number of fused-ring (bicyclic) bond motifs is 3. The number of benzene rings is 1. The number of para-hydroxylation sites is 1. The Bertz CT molecular complexity index is 840. The molecule has 0 aliphatic carbocycles. The first-order valence-corrected chi connectivity index (χ1v) is 8.88. The highest BCUT2D eigenvalue weighted by molar-refractivity contribution is 6.13. The quantitative estimate of drug-likeness (QED) is 0.775. The van der Waals surface area contributed by atoms with Gasteiger partial charge in [-0.1, -0.05) is 32.0 Å². The SMILES string of the molecule is CCC1C=C(C(=O)OC)n2c3c(c4ccccc42)CCN(CC)C31.Cl. The van der Waals surface area contributed by atoms with Crippen molar-refractivity contribution in [1.82, 2.24) is 9.47 Å². The zero-order chi connectivity index (χ0) is 16.8. The Morgan fingerprint density at radius 2 is 2.04 bits per heavy atom. The lowest BCUT2D eigenvalue weighted by atomic mass is 9.84. The second-order valence-corrected chi connectivity index (χ2v) is 6.66. The molecule has 3 heterocycles. The van der Waals surface area contributed by atoms with E-state index in [1.54, 1.807) is 0 Å². The number of nitrogens with zero attached hydrogens (tertiary/aromatic N) is 2. The third-order valence-corrected chi connectivity index (χ3v) is 5.63. The van der Waals surface area contributed by atoms with Crippen molar-refractivity contribution >= 4 is 35.0 Å². The number of hydrogen-bond acceptors (Lipinski definition) is 3. The summed E-state index contributed by atoms with van der Waals surface area (Å²) < 4.78 is 7.26. The molecule has 1 aromatic heterocycles. The average Bonchev–Trinajstić information content (AvgIpc) is 2.97. The molecule has 1 aromatic carbocycles. The van der Waals surface area contributed by atoms with Crippen molar-refractivity contribution in [2.45, 2.75) is 32.7 Å². The fourth-order valence-corrected chi connectivity index (χ4v) is 4.53. The van der Waals surface area contributed by atoms with E-state index in [2.05, 4.69) is 47.6 Å². The van der Waals surface area contributed by atoms with Crippen molar-refractivity contribution in [2.24, 2.45) is 5.92 Å². The molecule has 2 aliphatic rings. The standard InChI is InChI=1S/C20H24N2O2.ClH/c1-4-13-12-17(20(23)24-3)22-16-9-7-6-8-14(16)15-10-11-21(5-2)18(13)19(15)22;/h6-9,12-13,18H,4-5,10-11H2,1-3H3;1H. The lowest BCUT2D eigenvalue weighted by Gasteiger charge is -2.42. The highest BCUT2D eigenvalue weighted by atomic mass is 35.5. The molecular formula is C20H25ClN2O2. The van der Waals surface area contributed by atoms with E-state index < -0.39 is 0 Å². The maximum Gasteiger partial charge on any atom is 0.354 e. The van der Waals surface area contributed by atoms with Crippen LogP contribution >= 0.6 is 12.4 Å². The topological polar surface area (TPSA) is 34.5 Å². The number of likely N-dealkylation sites (N-methyl/N-ethyl adjacent to an activating group) is 1. The van der Waals surface area contributed by atoms with Crippen LogP contribution in [-0.4, -0.2) is 35.6 Å². The highest BCUT2D eigenvalue weighted by Crippen LogP contribution is 2.46. The summed E-state index contributed by atoms with van der Waals surface area (Å²) in [6.45, 7) is 6.55. The normalized spacial score (nSPS) is 22.1. The van der Waals surface area contributed by atoms with Gasteiger partial charge in [0, 0.05) is 23.5 Å². The van der Waals surface area contributed by atoms with Gasteiger partial charge >= 0.3 is 5.97 Å². The summed E-state index contributed by atoms with van der Waals surface area (Å²) in [6, 6.07) is 8.79. The van der Waals surface area contributed by atoms with E-state index in [1.165, 1.54) is 23.8 Å². The van der Waals surface area contributed by atoms with Gasteiger partial charge in [-0.05, 0) is 37.1 Å². The number of halogens is 1. The van der Waals surface area contributed by atoms with Gasteiger partial charge < -0.3 is 9.30 Å². The van der Waals surface area contributed by atoms with Gasteiger partial charge in [0.05, 0.1) is 18.7 Å². The number of esters is 1. The number of carbonyl (C=O) groups is 1. The van der Waals surface area contributed by atoms with Crippen molar-refractivity contribution < 1.29 is 9.53 Å². The molecule has 134 valence electrons. The van der Waals surface area contributed by atoms with Gasteiger partial charge in [0.25, 0.3) is 0 Å². The van der Waals surface area contributed by atoms with Crippen LogP contribution in [0.3, 0.4) is 0 Å². The molecular weight excluding hydrogens is 336 g/mol. The van der Waals surface area contributed by atoms with Crippen LogP contribution in [0.1, 0.15) is 37.6 Å². The van der Waals surface area contributed by atoms with Crippen LogP contribution in [-0.2, 0) is 16.0 Å². The minimum absolute atomic E-state index is 0. The summed E-state index contributed by atoms with van der Waals surface area (Å²) >= 11 is 0. The molecule has 4 nitrogen and oxygen atoms in total. The van der Waals surface area contributed by atoms with Crippen molar-refractivity contribution in [1.29, 1.82) is 0 Å². The molecule has 2 aliphatic heterocycles. The van der Waals surface area contributed by atoms with Crippen LogP contribution in [0.15, 0.2) is 30.3 Å². The first kappa shape index (κ1) is 18.0. The van der Waals surface area contributed by atoms with Crippen molar-refractivity contribution in [3.63, 3.8) is 0 Å². The first-order chi connectivity index (χ1) is 11.7. The Balaban J connectivity index is 0.00000182. The lowest BCUT2D eigenvalue weighted by molar-refractivity contribution is -0.134. The molecule has 2 unspecified atom stereocenters. The molecule has 5 heteroatoms. The minimum atomic E-state index is -0.246. The average molecular weight is 361 g/mol. The number of aromatic nitrogens is 1. The Labute approximate surface area is 154 Å². The van der Waals surface area contributed by atoms with Gasteiger partial charge in [0.2, 0.25) is 0 Å². The van der Waals surface area contributed by atoms with Crippen LogP contribution in [0.2, 0.25) is 0 Å². The fourth-order valence-electron chi connectivity index (χ4n) is 4.53. The summed E-state index contributed by atoms with van der Waals surface area (Å²) in [5.74, 6) is 0.0963. The van der Waals surface area contributed by atoms with E-state index in [0.29, 0.717) is 17.7 Å². The van der Waals surface area contributed by atoms with Gasteiger partial charge in [0.15, 0.2) is 0 Å². The summed E-state index contributed by atoms with van der Waals surface area (Å²) in [5.41, 5.74) is 4.51. The van der Waals surface area contributed by atoms with Gasteiger partial charge in [-0.3, -0.25) is 4.90 Å². The summed E-state index contributed by atoms with van der Waals surface area (Å²) in [6.07, 6.45) is 4.19. The van der Waals surface area contributed by atoms with E-state index in [1.807, 2.05) is 6.07 Å². The van der Waals surface area contributed by atoms with Crippen LogP contribution in [0.4, 0.5) is 0 Å².